The van der Waals surface area contributed by atoms with Crippen molar-refractivity contribution in [3.63, 3.8) is 0 Å². The number of hydrogen-bond donors (Lipinski definition) is 8. The Morgan fingerprint density at radius 1 is 0.852 bits per heavy atom. The molecule has 3 unspecified atom stereocenters. The molecule has 1 aromatic rings. The maximum Gasteiger partial charge on any atom is 0.524 e. The number of hydrogen-bond acceptors (Lipinski definition) is 10. The molecule has 19 nitrogen and oxygen atoms in total. The van der Waals surface area contributed by atoms with Gasteiger partial charge < -0.3 is 46.5 Å². The molecule has 20 heteroatoms. The van der Waals surface area contributed by atoms with Crippen LogP contribution in [0.2, 0.25) is 0 Å². The van der Waals surface area contributed by atoms with Crippen molar-refractivity contribution in [2.24, 2.45) is 17.6 Å². The van der Waals surface area contributed by atoms with Crippen LogP contribution in [0, 0.1) is 11.8 Å². The largest absolute Gasteiger partial charge is 0.524 e. The van der Waals surface area contributed by atoms with Gasteiger partial charge in [-0.3, -0.25) is 38.6 Å². The molecule has 2 aliphatic heterocycles. The summed E-state index contributed by atoms with van der Waals surface area (Å²) in [4.78, 5) is 113. The average molecular weight is 782 g/mol. The molecule has 1 aromatic carbocycles. The van der Waals surface area contributed by atoms with Crippen molar-refractivity contribution in [3.8, 4) is 5.75 Å². The standard InChI is InChI=1S/C34H52N7O12P/c1-19(2)27-32(46)37-24(18-26(35)42)30(44)40-28(20(3)4)33(47)41-15-8-9-25(41)31(45)36-14-6-5-7-16-52-34(48)38-23(29(43)39-27)17-21-10-12-22(13-11-21)53-54(49,50)51/h10-13,19-20,23-25,27-28H,5-9,14-18H2,1-4H3,(H2,35,42)(H,36,45)(H,37,46)(H,38,48)(H,39,43)(H,40,44)(H2,49,50,51)/t23?,24?,25-,27?,28-/m0/s1. The molecular formula is C34H52N7O12P. The summed E-state index contributed by atoms with van der Waals surface area (Å²) >= 11 is 0. The van der Waals surface area contributed by atoms with Gasteiger partial charge in [0.15, 0.2) is 0 Å². The van der Waals surface area contributed by atoms with Crippen LogP contribution in [-0.2, 0) is 44.5 Å². The molecule has 2 saturated heterocycles. The van der Waals surface area contributed by atoms with E-state index in [1.54, 1.807) is 27.7 Å². The highest BCUT2D eigenvalue weighted by atomic mass is 31.2. The second-order valence-electron chi connectivity index (χ2n) is 14.0. The fourth-order valence-electron chi connectivity index (χ4n) is 6.06. The van der Waals surface area contributed by atoms with E-state index in [9.17, 15) is 38.1 Å². The third-order valence-electron chi connectivity index (χ3n) is 8.90. The van der Waals surface area contributed by atoms with Crippen LogP contribution in [0.15, 0.2) is 24.3 Å². The van der Waals surface area contributed by atoms with Gasteiger partial charge in [0.25, 0.3) is 0 Å². The monoisotopic (exact) mass is 781 g/mol. The molecule has 9 N–H and O–H groups in total. The zero-order valence-corrected chi connectivity index (χ0v) is 31.8. The van der Waals surface area contributed by atoms with E-state index in [2.05, 4.69) is 31.1 Å². The Kier molecular flexibility index (Phi) is 16.2. The summed E-state index contributed by atoms with van der Waals surface area (Å²) < 4.78 is 21.1. The third kappa shape index (κ3) is 13.6. The number of rotatable bonds is 8. The smallest absolute Gasteiger partial charge is 0.450 e. The Bertz CT molecular complexity index is 1570. The van der Waals surface area contributed by atoms with E-state index in [1.165, 1.54) is 29.2 Å². The van der Waals surface area contributed by atoms with Crippen LogP contribution in [0.25, 0.3) is 0 Å². The number of amides is 7. The molecule has 2 fully saturated rings. The van der Waals surface area contributed by atoms with E-state index < -0.39 is 91.9 Å². The van der Waals surface area contributed by atoms with E-state index >= 15 is 0 Å². The number of carbonyl (C=O) groups excluding carboxylic acids is 7. The number of alkyl carbamates (subject to hydrolysis) is 1. The minimum Gasteiger partial charge on any atom is -0.450 e. The molecule has 0 radical (unpaired) electrons. The Labute approximate surface area is 313 Å². The number of phosphoric acid groups is 1. The fourth-order valence-corrected chi connectivity index (χ4v) is 6.46. The first-order valence-corrected chi connectivity index (χ1v) is 19.4. The number of ether oxygens (including phenoxy) is 1. The fraction of sp³-hybridized carbons (Fsp3) is 0.618. The third-order valence-corrected chi connectivity index (χ3v) is 9.35. The minimum atomic E-state index is -4.83. The van der Waals surface area contributed by atoms with Gasteiger partial charge in [-0.1, -0.05) is 39.8 Å². The number of phosphoric ester groups is 1. The van der Waals surface area contributed by atoms with Crippen molar-refractivity contribution in [1.82, 2.24) is 31.5 Å². The lowest BCUT2D eigenvalue weighted by Gasteiger charge is -2.32. The van der Waals surface area contributed by atoms with Crippen molar-refractivity contribution in [2.75, 3.05) is 19.7 Å². The SMILES string of the molecule is CC(C)C1NC(=O)C(Cc2ccc(OP(=O)(O)O)cc2)NC(=O)OCCCCCNC(=O)[C@@H]2CCCN2C(=O)[C@H](C(C)C)NC(=O)C(CC(N)=O)NC1=O. The number of benzene rings is 1. The van der Waals surface area contributed by atoms with Gasteiger partial charge in [-0.15, -0.1) is 0 Å². The van der Waals surface area contributed by atoms with E-state index in [-0.39, 0.29) is 24.7 Å². The topological polar surface area (TPSA) is 285 Å². The van der Waals surface area contributed by atoms with Crippen LogP contribution in [0.4, 0.5) is 4.79 Å². The zero-order chi connectivity index (χ0) is 40.2. The van der Waals surface area contributed by atoms with Crippen molar-refractivity contribution in [3.05, 3.63) is 29.8 Å². The van der Waals surface area contributed by atoms with Crippen molar-refractivity contribution in [1.29, 1.82) is 0 Å². The number of nitrogens with zero attached hydrogens (tertiary/aromatic N) is 1. The van der Waals surface area contributed by atoms with Crippen LogP contribution in [0.5, 0.6) is 5.75 Å². The molecule has 300 valence electrons. The molecule has 5 atom stereocenters. The molecule has 2 aliphatic rings. The maximum absolute atomic E-state index is 13.8. The lowest BCUT2D eigenvalue weighted by atomic mass is 9.99. The van der Waals surface area contributed by atoms with Crippen molar-refractivity contribution < 1.29 is 57.2 Å². The first-order valence-electron chi connectivity index (χ1n) is 17.9. The van der Waals surface area contributed by atoms with Gasteiger partial charge >= 0.3 is 13.9 Å². The Hall–Kier alpha value is -4.74. The van der Waals surface area contributed by atoms with E-state index in [4.69, 9.17) is 20.3 Å². The number of primary amides is 1. The van der Waals surface area contributed by atoms with Crippen LogP contribution in [0.1, 0.15) is 71.8 Å². The molecule has 7 amide bonds. The zero-order valence-electron chi connectivity index (χ0n) is 30.9. The number of nitrogens with one attached hydrogen (secondary N) is 5. The van der Waals surface area contributed by atoms with Gasteiger partial charge in [0.1, 0.15) is 36.0 Å². The average Bonchev–Trinajstić information content (AvgIpc) is 3.57. The summed E-state index contributed by atoms with van der Waals surface area (Å²) in [5.41, 5.74) is 5.87. The molecule has 0 bridgehead atoms. The predicted octanol–water partition coefficient (Wildman–Crippen LogP) is -0.272. The highest BCUT2D eigenvalue weighted by Gasteiger charge is 2.40. The summed E-state index contributed by atoms with van der Waals surface area (Å²) in [6.45, 7) is 7.23. The van der Waals surface area contributed by atoms with E-state index in [1.807, 2.05) is 0 Å². The Morgan fingerprint density at radius 2 is 1.48 bits per heavy atom. The highest BCUT2D eigenvalue weighted by molar-refractivity contribution is 7.46. The number of carbonyl (C=O) groups is 7. The quantitative estimate of drug-likeness (QED) is 0.158. The van der Waals surface area contributed by atoms with Gasteiger partial charge in [-0.2, -0.15) is 0 Å². The van der Waals surface area contributed by atoms with Crippen LogP contribution < -0.4 is 36.8 Å². The normalized spacial score (nSPS) is 24.7. The molecule has 0 aromatic heterocycles. The van der Waals surface area contributed by atoms with Crippen molar-refractivity contribution >= 4 is 49.4 Å². The van der Waals surface area contributed by atoms with Gasteiger partial charge in [0.05, 0.1) is 13.0 Å². The highest BCUT2D eigenvalue weighted by Crippen LogP contribution is 2.37. The predicted molar refractivity (Wildman–Crippen MR) is 192 cm³/mol. The second kappa shape index (κ2) is 20.1. The molecule has 0 aliphatic carbocycles. The van der Waals surface area contributed by atoms with Gasteiger partial charge in [-0.25, -0.2) is 9.36 Å². The maximum atomic E-state index is 13.8. The molecule has 0 saturated carbocycles. The number of nitrogens with two attached hydrogens (primary N) is 1. The first-order chi connectivity index (χ1) is 25.4. The van der Waals surface area contributed by atoms with Gasteiger partial charge in [0, 0.05) is 19.5 Å². The summed E-state index contributed by atoms with van der Waals surface area (Å²) in [5.74, 6) is -5.48. The van der Waals surface area contributed by atoms with Crippen LogP contribution in [0.3, 0.4) is 0 Å². The molecule has 3 rings (SSSR count). The Balaban J connectivity index is 1.92. The lowest BCUT2D eigenvalue weighted by molar-refractivity contribution is -0.143. The van der Waals surface area contributed by atoms with Crippen molar-refractivity contribution in [2.45, 2.75) is 103 Å². The minimum absolute atomic E-state index is 0.0106. The molecule has 2 heterocycles. The Morgan fingerprint density at radius 3 is 2.09 bits per heavy atom. The summed E-state index contributed by atoms with van der Waals surface area (Å²) in [7, 11) is -4.83. The van der Waals surface area contributed by atoms with Gasteiger partial charge in [-0.05, 0) is 61.6 Å². The lowest BCUT2D eigenvalue weighted by Crippen LogP contribution is -2.61. The number of cyclic esters (lactones) is 1. The van der Waals surface area contributed by atoms with Crippen LogP contribution in [-0.4, -0.2) is 106 Å². The van der Waals surface area contributed by atoms with E-state index in [0.717, 1.165) is 0 Å². The number of fused-ring (bicyclic) bond motifs is 1. The summed E-state index contributed by atoms with van der Waals surface area (Å²) in [6, 6.07) is -0.648. The van der Waals surface area contributed by atoms with Gasteiger partial charge in [0.2, 0.25) is 35.4 Å². The molecule has 54 heavy (non-hydrogen) atoms. The molecule has 0 spiro atoms. The van der Waals surface area contributed by atoms with E-state index in [0.29, 0.717) is 50.8 Å². The second-order valence-corrected chi connectivity index (χ2v) is 15.2. The molecular weight excluding hydrogens is 729 g/mol. The van der Waals surface area contributed by atoms with Crippen LogP contribution >= 0.6 is 7.82 Å². The first kappa shape index (κ1) is 43.7. The summed E-state index contributed by atoms with van der Waals surface area (Å²) in [6.07, 6.45) is 0.845. The summed E-state index contributed by atoms with van der Waals surface area (Å²) in [5, 5.41) is 13.1.